The summed E-state index contributed by atoms with van der Waals surface area (Å²) in [6.07, 6.45) is 0. The van der Waals surface area contributed by atoms with Gasteiger partial charge in [0.25, 0.3) is 0 Å². The quantitative estimate of drug-likeness (QED) is 0.898. The van der Waals surface area contributed by atoms with Crippen LogP contribution in [0, 0.1) is 5.82 Å². The van der Waals surface area contributed by atoms with E-state index in [0.717, 1.165) is 5.69 Å². The largest absolute Gasteiger partial charge is 0.436 e. The molecule has 1 heterocycles. The summed E-state index contributed by atoms with van der Waals surface area (Å²) in [5.74, 6) is 0.104. The minimum atomic E-state index is -0.471. The number of benzene rings is 1. The molecular weight excluding hydrogens is 325 g/mol. The molecule has 0 saturated heterocycles. The number of rotatable bonds is 4. The van der Waals surface area contributed by atoms with Gasteiger partial charge >= 0.3 is 0 Å². The van der Waals surface area contributed by atoms with Crippen LogP contribution in [-0.2, 0) is 6.61 Å². The Hall–Kier alpha value is -1.46. The van der Waals surface area contributed by atoms with Crippen molar-refractivity contribution < 1.29 is 14.2 Å². The first-order valence-electron chi connectivity index (χ1n) is 6.24. The molecule has 0 atom stereocenters. The Labute approximate surface area is 125 Å². The second-order valence-corrected chi connectivity index (χ2v) is 5.64. The van der Waals surface area contributed by atoms with E-state index in [0.29, 0.717) is 10.0 Å². The molecule has 20 heavy (non-hydrogen) atoms. The predicted octanol–water partition coefficient (Wildman–Crippen LogP) is 4.39. The average molecular weight is 340 g/mol. The highest BCUT2D eigenvalue weighted by Gasteiger charge is 2.10. The van der Waals surface area contributed by atoms with Crippen LogP contribution in [0.4, 0.5) is 4.39 Å². The van der Waals surface area contributed by atoms with Gasteiger partial charge in [-0.05, 0) is 35.7 Å². The maximum Gasteiger partial charge on any atom is 0.219 e. The van der Waals surface area contributed by atoms with Crippen molar-refractivity contribution in [2.75, 3.05) is 0 Å². The Morgan fingerprint density at radius 1 is 1.30 bits per heavy atom. The monoisotopic (exact) mass is 339 g/mol. The molecule has 0 aliphatic heterocycles. The molecule has 0 fully saturated rings. The van der Waals surface area contributed by atoms with Gasteiger partial charge in [-0.3, -0.25) is 0 Å². The van der Waals surface area contributed by atoms with Crippen molar-refractivity contribution >= 4 is 15.9 Å². The molecule has 0 amide bonds. The number of nitrogens with zero attached hydrogens (tertiary/aromatic N) is 1. The Bertz CT molecular complexity index is 617. The third-order valence-electron chi connectivity index (χ3n) is 2.76. The van der Waals surface area contributed by atoms with Gasteiger partial charge in [0.05, 0.1) is 6.61 Å². The van der Waals surface area contributed by atoms with Crippen molar-refractivity contribution in [3.8, 4) is 11.6 Å². The Morgan fingerprint density at radius 2 is 2.05 bits per heavy atom. The fraction of sp³-hybridized carbons (Fsp3) is 0.267. The first kappa shape index (κ1) is 14.9. The van der Waals surface area contributed by atoms with Gasteiger partial charge in [0, 0.05) is 16.2 Å². The normalized spacial score (nSPS) is 10.9. The Kier molecular flexibility index (Phi) is 4.73. The van der Waals surface area contributed by atoms with Gasteiger partial charge < -0.3 is 9.84 Å². The molecule has 1 N–H and O–H groups in total. The van der Waals surface area contributed by atoms with Crippen molar-refractivity contribution in [2.24, 2.45) is 0 Å². The summed E-state index contributed by atoms with van der Waals surface area (Å²) in [7, 11) is 0. The van der Waals surface area contributed by atoms with Crippen LogP contribution in [0.1, 0.15) is 31.0 Å². The van der Waals surface area contributed by atoms with Crippen molar-refractivity contribution in [3.63, 3.8) is 0 Å². The van der Waals surface area contributed by atoms with Gasteiger partial charge in [0.15, 0.2) is 11.6 Å². The van der Waals surface area contributed by atoms with Crippen LogP contribution in [0.5, 0.6) is 11.6 Å². The molecule has 106 valence electrons. The van der Waals surface area contributed by atoms with Gasteiger partial charge in [0.2, 0.25) is 5.88 Å². The highest BCUT2D eigenvalue weighted by molar-refractivity contribution is 9.10. The number of pyridine rings is 1. The number of hydrogen-bond acceptors (Lipinski definition) is 3. The number of aromatic nitrogens is 1. The molecule has 0 aliphatic carbocycles. The lowest BCUT2D eigenvalue weighted by atomic mass is 10.1. The second kappa shape index (κ2) is 6.33. The highest BCUT2D eigenvalue weighted by atomic mass is 79.9. The van der Waals surface area contributed by atoms with Gasteiger partial charge in [-0.15, -0.1) is 0 Å². The SMILES string of the molecule is CC(C)c1cc(CO)cc(Oc2ccc(Br)cc2F)n1. The number of hydrogen-bond donors (Lipinski definition) is 1. The van der Waals surface area contributed by atoms with E-state index in [2.05, 4.69) is 20.9 Å². The molecule has 0 spiro atoms. The van der Waals surface area contributed by atoms with Crippen molar-refractivity contribution in [1.29, 1.82) is 0 Å². The molecule has 0 unspecified atom stereocenters. The van der Waals surface area contributed by atoms with Crippen LogP contribution in [0.15, 0.2) is 34.8 Å². The van der Waals surface area contributed by atoms with E-state index >= 15 is 0 Å². The summed E-state index contributed by atoms with van der Waals surface area (Å²) < 4.78 is 19.9. The molecule has 3 nitrogen and oxygen atoms in total. The summed E-state index contributed by atoms with van der Waals surface area (Å²) in [5.41, 5.74) is 1.49. The van der Waals surface area contributed by atoms with E-state index in [1.54, 1.807) is 12.1 Å². The van der Waals surface area contributed by atoms with Crippen molar-refractivity contribution in [1.82, 2.24) is 4.98 Å². The Morgan fingerprint density at radius 3 is 2.65 bits per heavy atom. The molecule has 0 aliphatic rings. The molecule has 0 bridgehead atoms. The average Bonchev–Trinajstić information content (AvgIpc) is 2.41. The molecular formula is C15H15BrFNO2. The number of ether oxygens (including phenoxy) is 1. The van der Waals surface area contributed by atoms with Crippen LogP contribution in [0.2, 0.25) is 0 Å². The van der Waals surface area contributed by atoms with E-state index in [4.69, 9.17) is 4.74 Å². The lowest BCUT2D eigenvalue weighted by Gasteiger charge is -2.11. The van der Waals surface area contributed by atoms with E-state index in [9.17, 15) is 9.50 Å². The molecule has 5 heteroatoms. The smallest absolute Gasteiger partial charge is 0.219 e. The minimum absolute atomic E-state index is 0.102. The molecule has 2 rings (SSSR count). The molecule has 0 radical (unpaired) electrons. The second-order valence-electron chi connectivity index (χ2n) is 4.73. The maximum absolute atomic E-state index is 13.7. The summed E-state index contributed by atoms with van der Waals surface area (Å²) in [6.45, 7) is 3.88. The number of halogens is 2. The van der Waals surface area contributed by atoms with E-state index < -0.39 is 5.82 Å². The summed E-state index contributed by atoms with van der Waals surface area (Å²) in [5, 5.41) is 9.26. The third-order valence-corrected chi connectivity index (χ3v) is 3.26. The first-order valence-corrected chi connectivity index (χ1v) is 7.03. The van der Waals surface area contributed by atoms with Gasteiger partial charge in [0.1, 0.15) is 0 Å². The zero-order valence-electron chi connectivity index (χ0n) is 11.2. The maximum atomic E-state index is 13.7. The van der Waals surface area contributed by atoms with E-state index in [1.165, 1.54) is 12.1 Å². The fourth-order valence-corrected chi connectivity index (χ4v) is 2.03. The molecule has 0 saturated carbocycles. The van der Waals surface area contributed by atoms with Crippen molar-refractivity contribution in [3.05, 3.63) is 51.9 Å². The van der Waals surface area contributed by atoms with Gasteiger partial charge in [-0.25, -0.2) is 9.37 Å². The van der Waals surface area contributed by atoms with E-state index in [-0.39, 0.29) is 24.2 Å². The van der Waals surface area contributed by atoms with Gasteiger partial charge in [-0.2, -0.15) is 0 Å². The summed E-state index contributed by atoms with van der Waals surface area (Å²) in [6, 6.07) is 7.97. The Balaban J connectivity index is 2.34. The number of aliphatic hydroxyl groups is 1. The lowest BCUT2D eigenvalue weighted by molar-refractivity contribution is 0.280. The molecule has 2 aromatic rings. The zero-order valence-corrected chi connectivity index (χ0v) is 12.8. The molecule has 1 aromatic heterocycles. The topological polar surface area (TPSA) is 42.4 Å². The fourth-order valence-electron chi connectivity index (χ4n) is 1.69. The van der Waals surface area contributed by atoms with Crippen LogP contribution in [-0.4, -0.2) is 10.1 Å². The highest BCUT2D eigenvalue weighted by Crippen LogP contribution is 2.27. The standard InChI is InChI=1S/C15H15BrFNO2/c1-9(2)13-5-10(8-19)6-15(18-13)20-14-4-3-11(16)7-12(14)17/h3-7,9,19H,8H2,1-2H3. The lowest BCUT2D eigenvalue weighted by Crippen LogP contribution is -1.99. The van der Waals surface area contributed by atoms with Gasteiger partial charge in [-0.1, -0.05) is 29.8 Å². The van der Waals surface area contributed by atoms with E-state index in [1.807, 2.05) is 19.9 Å². The van der Waals surface area contributed by atoms with Crippen LogP contribution < -0.4 is 4.74 Å². The number of aliphatic hydroxyl groups excluding tert-OH is 1. The zero-order chi connectivity index (χ0) is 14.7. The minimum Gasteiger partial charge on any atom is -0.436 e. The van der Waals surface area contributed by atoms with Crippen molar-refractivity contribution in [2.45, 2.75) is 26.4 Å². The first-order chi connectivity index (χ1) is 9.49. The summed E-state index contributed by atoms with van der Waals surface area (Å²) in [4.78, 5) is 4.33. The predicted molar refractivity (Wildman–Crippen MR) is 78.4 cm³/mol. The van der Waals surface area contributed by atoms with Crippen LogP contribution >= 0.6 is 15.9 Å². The van der Waals surface area contributed by atoms with Crippen LogP contribution in [0.25, 0.3) is 0 Å². The third kappa shape index (κ3) is 3.55. The van der Waals surface area contributed by atoms with Crippen LogP contribution in [0.3, 0.4) is 0 Å². The summed E-state index contributed by atoms with van der Waals surface area (Å²) >= 11 is 3.19. The molecule has 1 aromatic carbocycles.